The zero-order valence-corrected chi connectivity index (χ0v) is 11.5. The summed E-state index contributed by atoms with van der Waals surface area (Å²) in [7, 11) is 4.05. The van der Waals surface area contributed by atoms with Gasteiger partial charge >= 0.3 is 0 Å². The summed E-state index contributed by atoms with van der Waals surface area (Å²) in [4.78, 5) is 0. The number of hydrogen-bond donors (Lipinski definition) is 0. The smallest absolute Gasteiger partial charge is 0.169 e. The van der Waals surface area contributed by atoms with Crippen LogP contribution >= 0.6 is 24.8 Å². The molecular weight excluding hydrogens is 259 g/mol. The van der Waals surface area contributed by atoms with Crippen molar-refractivity contribution in [3.8, 4) is 11.1 Å². The predicted molar refractivity (Wildman–Crippen MR) is 72.3 cm³/mol. The van der Waals surface area contributed by atoms with Crippen LogP contribution in [0.25, 0.3) is 11.1 Å². The molecule has 0 aliphatic carbocycles. The van der Waals surface area contributed by atoms with Crippen molar-refractivity contribution in [3.63, 3.8) is 0 Å². The maximum absolute atomic E-state index is 2.12. The summed E-state index contributed by atoms with van der Waals surface area (Å²) in [5.74, 6) is 0. The van der Waals surface area contributed by atoms with Crippen molar-refractivity contribution in [2.75, 3.05) is 0 Å². The number of aryl methyl sites for hydroxylation is 2. The highest BCUT2D eigenvalue weighted by Crippen LogP contribution is 2.14. The van der Waals surface area contributed by atoms with E-state index in [9.17, 15) is 0 Å². The number of halogens is 2. The molecule has 3 nitrogen and oxygen atoms in total. The third kappa shape index (κ3) is 4.69. The second kappa shape index (κ2) is 8.01. The van der Waals surface area contributed by atoms with E-state index in [0.29, 0.717) is 0 Å². The van der Waals surface area contributed by atoms with E-state index in [-0.39, 0.29) is 30.3 Å². The van der Waals surface area contributed by atoms with E-state index in [1.807, 2.05) is 23.2 Å². The molecule has 0 aromatic carbocycles. The Bertz CT molecular complexity index is 386. The van der Waals surface area contributed by atoms with Gasteiger partial charge in [-0.3, -0.25) is 0 Å². The van der Waals surface area contributed by atoms with Gasteiger partial charge in [0, 0.05) is 24.3 Å². The van der Waals surface area contributed by atoms with Crippen LogP contribution in [0.1, 0.15) is 0 Å². The lowest BCUT2D eigenvalue weighted by Gasteiger charge is -1.97. The highest BCUT2D eigenvalue weighted by molar-refractivity contribution is 5.85. The summed E-state index contributed by atoms with van der Waals surface area (Å²) >= 11 is 0. The average molecular weight is 277 g/mol. The lowest BCUT2D eigenvalue weighted by atomic mass is 10.1. The largest absolute Gasteiger partial charge is 0.412 e. The van der Waals surface area contributed by atoms with Crippen LogP contribution in [-0.4, -0.2) is 5.48 Å². The maximum atomic E-state index is 2.12. The Morgan fingerprint density at radius 1 is 0.647 bits per heavy atom. The Hall–Kier alpha value is -1.16. The molecule has 0 fully saturated rings. The van der Waals surface area contributed by atoms with E-state index in [1.54, 1.807) is 0 Å². The fourth-order valence-electron chi connectivity index (χ4n) is 1.39. The summed E-state index contributed by atoms with van der Waals surface area (Å²) in [5, 5.41) is 0. The van der Waals surface area contributed by atoms with Crippen LogP contribution in [0.15, 0.2) is 49.1 Å². The van der Waals surface area contributed by atoms with Crippen LogP contribution in [-0.2, 0) is 14.1 Å². The molecule has 0 unspecified atom stereocenters. The van der Waals surface area contributed by atoms with Gasteiger partial charge in [-0.2, -0.15) is 0 Å². The Morgan fingerprint density at radius 3 is 1.12 bits per heavy atom. The van der Waals surface area contributed by atoms with Gasteiger partial charge in [0.25, 0.3) is 0 Å². The summed E-state index contributed by atoms with van der Waals surface area (Å²) in [5.41, 5.74) is 2.51. The van der Waals surface area contributed by atoms with Crippen LogP contribution < -0.4 is 9.13 Å². The first-order chi connectivity index (χ1) is 6.75. The van der Waals surface area contributed by atoms with Crippen LogP contribution in [0.4, 0.5) is 0 Å². The summed E-state index contributed by atoms with van der Waals surface area (Å²) in [6.07, 6.45) is 8.23. The van der Waals surface area contributed by atoms with Crippen molar-refractivity contribution in [2.24, 2.45) is 14.1 Å². The molecule has 0 aliphatic rings. The van der Waals surface area contributed by atoms with Crippen LogP contribution in [0.3, 0.4) is 0 Å². The molecule has 5 heteroatoms. The van der Waals surface area contributed by atoms with Gasteiger partial charge in [0.05, 0.1) is 0 Å². The molecule has 94 valence electrons. The van der Waals surface area contributed by atoms with Crippen molar-refractivity contribution in [2.45, 2.75) is 0 Å². The third-order valence-corrected chi connectivity index (χ3v) is 2.29. The molecule has 17 heavy (non-hydrogen) atoms. The first-order valence-corrected chi connectivity index (χ1v) is 4.67. The number of pyridine rings is 2. The maximum Gasteiger partial charge on any atom is 0.169 e. The van der Waals surface area contributed by atoms with E-state index in [2.05, 4.69) is 49.1 Å². The van der Waals surface area contributed by atoms with Gasteiger partial charge in [0.1, 0.15) is 14.1 Å². The number of hydrogen-bond acceptors (Lipinski definition) is 0. The van der Waals surface area contributed by atoms with Gasteiger partial charge in [0.15, 0.2) is 24.8 Å². The fourth-order valence-corrected chi connectivity index (χ4v) is 1.39. The van der Waals surface area contributed by atoms with Gasteiger partial charge in [0.2, 0.25) is 0 Å². The van der Waals surface area contributed by atoms with Crippen molar-refractivity contribution < 1.29 is 14.6 Å². The zero-order valence-electron chi connectivity index (χ0n) is 9.83. The minimum absolute atomic E-state index is 0. The second-order valence-corrected chi connectivity index (χ2v) is 3.50. The highest BCUT2D eigenvalue weighted by atomic mass is 35.5. The topological polar surface area (TPSA) is 39.3 Å². The van der Waals surface area contributed by atoms with Gasteiger partial charge in [-0.05, 0) is 11.1 Å². The quantitative estimate of drug-likeness (QED) is 0.698. The van der Waals surface area contributed by atoms with Gasteiger partial charge in [-0.1, -0.05) is 0 Å². The molecule has 2 rings (SSSR count). The molecule has 2 heterocycles. The number of rotatable bonds is 1. The Labute approximate surface area is 114 Å². The van der Waals surface area contributed by atoms with E-state index in [0.717, 1.165) is 0 Å². The van der Waals surface area contributed by atoms with E-state index in [1.165, 1.54) is 11.1 Å². The molecule has 2 aromatic heterocycles. The van der Waals surface area contributed by atoms with Crippen LogP contribution in [0.5, 0.6) is 0 Å². The molecule has 0 radical (unpaired) electrons. The normalized spacial score (nSPS) is 8.35. The van der Waals surface area contributed by atoms with E-state index >= 15 is 0 Å². The minimum atomic E-state index is 0. The summed E-state index contributed by atoms with van der Waals surface area (Å²) < 4.78 is 4.07. The molecule has 2 aromatic rings. The monoisotopic (exact) mass is 276 g/mol. The van der Waals surface area contributed by atoms with Gasteiger partial charge in [-0.25, -0.2) is 9.13 Å². The first-order valence-electron chi connectivity index (χ1n) is 4.67. The zero-order chi connectivity index (χ0) is 9.97. The number of nitrogens with zero attached hydrogens (tertiary/aromatic N) is 2. The second-order valence-electron chi connectivity index (χ2n) is 3.50. The van der Waals surface area contributed by atoms with Crippen molar-refractivity contribution in [1.29, 1.82) is 0 Å². The van der Waals surface area contributed by atoms with E-state index < -0.39 is 0 Å². The molecular formula is C12H18Cl2N2O+2. The van der Waals surface area contributed by atoms with Gasteiger partial charge < -0.3 is 5.48 Å². The number of aromatic nitrogens is 2. The van der Waals surface area contributed by atoms with Crippen molar-refractivity contribution in [3.05, 3.63) is 49.1 Å². The SMILES string of the molecule is C[n+]1ccc(-c2cc[n+](C)cc2)cc1.Cl.Cl.O. The molecule has 2 N–H and O–H groups in total. The summed E-state index contributed by atoms with van der Waals surface area (Å²) in [6.45, 7) is 0. The first kappa shape index (κ1) is 18.2. The molecule has 0 saturated carbocycles. The standard InChI is InChI=1S/C12H14N2.2ClH.H2O/c1-13-7-3-11(4-8-13)12-5-9-14(2)10-6-12;;;/h3-10H,1-2H3;2*1H;1H2/q+2;;;. The van der Waals surface area contributed by atoms with Crippen LogP contribution in [0, 0.1) is 0 Å². The molecule has 0 atom stereocenters. The Balaban J connectivity index is 0. The van der Waals surface area contributed by atoms with Crippen LogP contribution in [0.2, 0.25) is 0 Å². The molecule has 0 spiro atoms. The molecule has 0 aliphatic heterocycles. The molecule has 0 bridgehead atoms. The predicted octanol–water partition coefficient (Wildman–Crippen LogP) is 1.02. The molecule has 0 amide bonds. The molecule has 0 saturated heterocycles. The average Bonchev–Trinajstić information content (AvgIpc) is 2.21. The lowest BCUT2D eigenvalue weighted by molar-refractivity contribution is -0.671. The Kier molecular flexibility index (Phi) is 8.58. The Morgan fingerprint density at radius 2 is 0.882 bits per heavy atom. The fraction of sp³-hybridized carbons (Fsp3) is 0.167. The summed E-state index contributed by atoms with van der Waals surface area (Å²) in [6, 6.07) is 8.48. The van der Waals surface area contributed by atoms with E-state index in [4.69, 9.17) is 0 Å². The minimum Gasteiger partial charge on any atom is -0.412 e. The lowest BCUT2D eigenvalue weighted by Crippen LogP contribution is -2.26. The van der Waals surface area contributed by atoms with Gasteiger partial charge in [-0.15, -0.1) is 24.8 Å². The highest BCUT2D eigenvalue weighted by Gasteiger charge is 2.00. The third-order valence-electron chi connectivity index (χ3n) is 2.29. The van der Waals surface area contributed by atoms with Crippen molar-refractivity contribution >= 4 is 24.8 Å². The van der Waals surface area contributed by atoms with Crippen molar-refractivity contribution in [1.82, 2.24) is 0 Å².